The SMILES string of the molecule is CCOC(=O)[C@@H](C)n1cnc2c1c(=O)n(CCC(C)C)c(=O)n2-c1cccc(Cl)c1. The predicted octanol–water partition coefficient (Wildman–Crippen LogP) is 3.17. The number of nitrogens with zero attached hydrogens (tertiary/aromatic N) is 4. The summed E-state index contributed by atoms with van der Waals surface area (Å²) in [6, 6.07) is 6.00. The van der Waals surface area contributed by atoms with Gasteiger partial charge in [0.2, 0.25) is 0 Å². The summed E-state index contributed by atoms with van der Waals surface area (Å²) >= 11 is 6.13. The monoisotopic (exact) mass is 432 g/mol. The normalized spacial score (nSPS) is 12.5. The molecule has 3 rings (SSSR count). The Hall–Kier alpha value is -2.87. The van der Waals surface area contributed by atoms with Crippen LogP contribution in [0, 0.1) is 5.92 Å². The second kappa shape index (κ2) is 8.87. The van der Waals surface area contributed by atoms with Gasteiger partial charge >= 0.3 is 11.7 Å². The third-order valence-corrected chi connectivity index (χ3v) is 5.13. The zero-order valence-corrected chi connectivity index (χ0v) is 18.2. The molecule has 8 nitrogen and oxygen atoms in total. The van der Waals surface area contributed by atoms with Gasteiger partial charge < -0.3 is 9.30 Å². The van der Waals surface area contributed by atoms with Gasteiger partial charge in [0.1, 0.15) is 6.04 Å². The Morgan fingerprint density at radius 3 is 2.60 bits per heavy atom. The van der Waals surface area contributed by atoms with Crippen LogP contribution in [0.5, 0.6) is 0 Å². The number of fused-ring (bicyclic) bond motifs is 1. The summed E-state index contributed by atoms with van der Waals surface area (Å²) in [6.07, 6.45) is 2.04. The highest BCUT2D eigenvalue weighted by Gasteiger charge is 2.24. The van der Waals surface area contributed by atoms with Crippen LogP contribution >= 0.6 is 11.6 Å². The van der Waals surface area contributed by atoms with Crippen LogP contribution in [0.2, 0.25) is 5.02 Å². The fraction of sp³-hybridized carbons (Fsp3) is 0.429. The quantitative estimate of drug-likeness (QED) is 0.535. The summed E-state index contributed by atoms with van der Waals surface area (Å²) in [5.74, 6) is -0.180. The van der Waals surface area contributed by atoms with E-state index < -0.39 is 23.3 Å². The van der Waals surface area contributed by atoms with Crippen molar-refractivity contribution in [1.82, 2.24) is 18.7 Å². The number of hydrogen-bond acceptors (Lipinski definition) is 5. The molecule has 2 heterocycles. The molecule has 9 heteroatoms. The van der Waals surface area contributed by atoms with Crippen molar-refractivity contribution in [2.24, 2.45) is 5.92 Å². The van der Waals surface area contributed by atoms with Crippen LogP contribution in [0.1, 0.15) is 40.2 Å². The molecule has 0 bridgehead atoms. The van der Waals surface area contributed by atoms with Gasteiger partial charge in [0, 0.05) is 11.6 Å². The number of rotatable bonds is 7. The Kier molecular flexibility index (Phi) is 6.45. The van der Waals surface area contributed by atoms with Gasteiger partial charge in [-0.1, -0.05) is 31.5 Å². The van der Waals surface area contributed by atoms with Crippen molar-refractivity contribution in [2.75, 3.05) is 6.61 Å². The largest absolute Gasteiger partial charge is 0.464 e. The van der Waals surface area contributed by atoms with Gasteiger partial charge in [-0.3, -0.25) is 9.36 Å². The van der Waals surface area contributed by atoms with Crippen molar-refractivity contribution in [1.29, 1.82) is 0 Å². The number of esters is 1. The smallest absolute Gasteiger partial charge is 0.337 e. The minimum atomic E-state index is -0.772. The Morgan fingerprint density at radius 2 is 1.97 bits per heavy atom. The van der Waals surface area contributed by atoms with Gasteiger partial charge in [-0.25, -0.2) is 19.1 Å². The van der Waals surface area contributed by atoms with Gasteiger partial charge in [0.05, 0.1) is 18.6 Å². The molecule has 0 aliphatic rings. The number of imidazole rings is 1. The zero-order valence-electron chi connectivity index (χ0n) is 17.5. The first-order valence-electron chi connectivity index (χ1n) is 9.91. The number of ether oxygens (including phenoxy) is 1. The number of aromatic nitrogens is 4. The molecule has 0 N–H and O–H groups in total. The molecule has 0 aliphatic heterocycles. The highest BCUT2D eigenvalue weighted by Crippen LogP contribution is 2.20. The number of halogens is 1. The summed E-state index contributed by atoms with van der Waals surface area (Å²) in [6.45, 7) is 7.86. The maximum Gasteiger partial charge on any atom is 0.337 e. The molecule has 0 radical (unpaired) electrons. The standard InChI is InChI=1S/C21H25ClN4O4/c1-5-30-20(28)14(4)25-12-23-18-17(25)19(27)24(10-9-13(2)3)21(29)26(18)16-8-6-7-15(22)11-16/h6-8,11-14H,5,9-10H2,1-4H3/t14-/m1/s1. The maximum atomic E-state index is 13.3. The number of carbonyl (C=O) groups excluding carboxylic acids is 1. The summed E-state index contributed by atoms with van der Waals surface area (Å²) in [5.41, 5.74) is -0.153. The fourth-order valence-corrected chi connectivity index (χ4v) is 3.43. The third kappa shape index (κ3) is 4.05. The van der Waals surface area contributed by atoms with E-state index in [1.807, 2.05) is 13.8 Å². The van der Waals surface area contributed by atoms with Crippen LogP contribution in [-0.2, 0) is 16.1 Å². The van der Waals surface area contributed by atoms with E-state index in [0.717, 1.165) is 0 Å². The Labute approximate surface area is 178 Å². The first-order chi connectivity index (χ1) is 14.3. The molecular weight excluding hydrogens is 408 g/mol. The molecule has 0 amide bonds. The average molecular weight is 433 g/mol. The van der Waals surface area contributed by atoms with E-state index in [9.17, 15) is 14.4 Å². The second-order valence-electron chi connectivity index (χ2n) is 7.49. The molecule has 0 unspecified atom stereocenters. The van der Waals surface area contributed by atoms with Gasteiger partial charge in [-0.15, -0.1) is 0 Å². The molecule has 160 valence electrons. The molecule has 0 spiro atoms. The van der Waals surface area contributed by atoms with Crippen LogP contribution in [0.4, 0.5) is 0 Å². The van der Waals surface area contributed by atoms with Crippen molar-refractivity contribution in [2.45, 2.75) is 46.7 Å². The van der Waals surface area contributed by atoms with Crippen LogP contribution < -0.4 is 11.2 Å². The van der Waals surface area contributed by atoms with E-state index in [1.54, 1.807) is 38.1 Å². The molecule has 0 saturated heterocycles. The molecule has 30 heavy (non-hydrogen) atoms. The number of carbonyl (C=O) groups is 1. The minimum Gasteiger partial charge on any atom is -0.464 e. The van der Waals surface area contributed by atoms with Gasteiger partial charge in [0.15, 0.2) is 11.2 Å². The first kappa shape index (κ1) is 21.8. The highest BCUT2D eigenvalue weighted by molar-refractivity contribution is 6.30. The second-order valence-corrected chi connectivity index (χ2v) is 7.93. The molecule has 3 aromatic rings. The highest BCUT2D eigenvalue weighted by atomic mass is 35.5. The summed E-state index contributed by atoms with van der Waals surface area (Å²) in [4.78, 5) is 43.2. The van der Waals surface area contributed by atoms with E-state index in [-0.39, 0.29) is 24.3 Å². The van der Waals surface area contributed by atoms with Crippen molar-refractivity contribution in [3.05, 3.63) is 56.5 Å². The lowest BCUT2D eigenvalue weighted by Crippen LogP contribution is -2.40. The number of hydrogen-bond donors (Lipinski definition) is 0. The van der Waals surface area contributed by atoms with E-state index in [1.165, 1.54) is 20.0 Å². The van der Waals surface area contributed by atoms with E-state index >= 15 is 0 Å². The zero-order chi connectivity index (χ0) is 22.0. The van der Waals surface area contributed by atoms with Gasteiger partial charge in [-0.05, 0) is 44.4 Å². The lowest BCUT2D eigenvalue weighted by Gasteiger charge is -2.16. The van der Waals surface area contributed by atoms with Gasteiger partial charge in [-0.2, -0.15) is 0 Å². The van der Waals surface area contributed by atoms with Crippen molar-refractivity contribution < 1.29 is 9.53 Å². The topological polar surface area (TPSA) is 88.1 Å². The summed E-state index contributed by atoms with van der Waals surface area (Å²) < 4.78 is 9.11. The van der Waals surface area contributed by atoms with E-state index in [0.29, 0.717) is 23.0 Å². The van der Waals surface area contributed by atoms with Crippen LogP contribution in [-0.4, -0.2) is 31.3 Å². The molecular formula is C21H25ClN4O4. The molecule has 0 saturated carbocycles. The summed E-state index contributed by atoms with van der Waals surface area (Å²) in [5, 5.41) is 0.451. The van der Waals surface area contributed by atoms with E-state index in [4.69, 9.17) is 16.3 Å². The van der Waals surface area contributed by atoms with Crippen molar-refractivity contribution in [3.8, 4) is 5.69 Å². The maximum absolute atomic E-state index is 13.3. The first-order valence-corrected chi connectivity index (χ1v) is 10.3. The third-order valence-electron chi connectivity index (χ3n) is 4.90. The fourth-order valence-electron chi connectivity index (χ4n) is 3.25. The molecule has 2 aromatic heterocycles. The Morgan fingerprint density at radius 1 is 1.23 bits per heavy atom. The van der Waals surface area contributed by atoms with Gasteiger partial charge in [0.25, 0.3) is 5.56 Å². The molecule has 1 atom stereocenters. The minimum absolute atomic E-state index is 0.166. The predicted molar refractivity (Wildman–Crippen MR) is 115 cm³/mol. The van der Waals surface area contributed by atoms with Crippen molar-refractivity contribution in [3.63, 3.8) is 0 Å². The number of benzene rings is 1. The van der Waals surface area contributed by atoms with Crippen LogP contribution in [0.3, 0.4) is 0 Å². The molecule has 0 fully saturated rings. The van der Waals surface area contributed by atoms with Crippen LogP contribution in [0.15, 0.2) is 40.2 Å². The van der Waals surface area contributed by atoms with Crippen LogP contribution in [0.25, 0.3) is 16.9 Å². The lowest BCUT2D eigenvalue weighted by atomic mass is 10.1. The molecule has 0 aliphatic carbocycles. The van der Waals surface area contributed by atoms with Crippen molar-refractivity contribution >= 4 is 28.7 Å². The average Bonchev–Trinajstić information content (AvgIpc) is 3.12. The van der Waals surface area contributed by atoms with E-state index in [2.05, 4.69) is 4.98 Å². The Balaban J connectivity index is 2.33. The lowest BCUT2D eigenvalue weighted by molar-refractivity contribution is -0.146. The summed E-state index contributed by atoms with van der Waals surface area (Å²) in [7, 11) is 0. The Bertz CT molecular complexity index is 1190. The molecule has 1 aromatic carbocycles.